The van der Waals surface area contributed by atoms with Crippen LogP contribution in [0.15, 0.2) is 58.1 Å². The Morgan fingerprint density at radius 3 is 2.67 bits per heavy atom. The number of hydrogen-bond acceptors (Lipinski definition) is 8. The summed E-state index contributed by atoms with van der Waals surface area (Å²) in [5, 5.41) is 20.0. The highest BCUT2D eigenvalue weighted by atomic mass is 127. The van der Waals surface area contributed by atoms with E-state index in [2.05, 4.69) is 39.7 Å². The molecule has 2 aromatic rings. The fourth-order valence-corrected chi connectivity index (χ4v) is 5.30. The average molecular weight is 572 g/mol. The third-order valence-corrected chi connectivity index (χ3v) is 6.93. The molecule has 0 aliphatic carbocycles. The van der Waals surface area contributed by atoms with Gasteiger partial charge in [-0.3, -0.25) is 0 Å². The number of esters is 1. The standard InChI is InChI=1S/C24H21IN4O3S/c1-4-31-24(30)21-19(12-33-23-16(10-26)13(2)9-14(3)29-23)32-22(28)17(11-27)20(21)15-7-5-6-8-18(15)25/h5-9,20H,4,12,28H2,1-3H3. The lowest BCUT2D eigenvalue weighted by Gasteiger charge is -2.28. The molecule has 33 heavy (non-hydrogen) atoms. The van der Waals surface area contributed by atoms with Gasteiger partial charge in [0.05, 0.1) is 29.4 Å². The van der Waals surface area contributed by atoms with Crippen molar-refractivity contribution in [3.05, 3.63) is 79.1 Å². The second-order valence-corrected chi connectivity index (χ2v) is 9.29. The van der Waals surface area contributed by atoms with Crippen molar-refractivity contribution in [2.75, 3.05) is 12.4 Å². The Balaban J connectivity index is 2.14. The van der Waals surface area contributed by atoms with E-state index in [-0.39, 0.29) is 35.1 Å². The maximum atomic E-state index is 13.1. The number of allylic oxidation sites excluding steroid dienone is 1. The molecule has 0 saturated heterocycles. The molecule has 7 nitrogen and oxygen atoms in total. The predicted octanol–water partition coefficient (Wildman–Crippen LogP) is 4.59. The number of benzene rings is 1. The number of aromatic nitrogens is 1. The molecule has 2 N–H and O–H groups in total. The Morgan fingerprint density at radius 1 is 1.30 bits per heavy atom. The largest absolute Gasteiger partial charge is 0.463 e. The van der Waals surface area contributed by atoms with Crippen molar-refractivity contribution in [2.45, 2.75) is 31.7 Å². The third-order valence-electron chi connectivity index (χ3n) is 4.97. The fourth-order valence-electron chi connectivity index (χ4n) is 3.55. The van der Waals surface area contributed by atoms with Gasteiger partial charge in [0.15, 0.2) is 0 Å². The highest BCUT2D eigenvalue weighted by Crippen LogP contribution is 2.42. The van der Waals surface area contributed by atoms with Crippen molar-refractivity contribution in [1.29, 1.82) is 10.5 Å². The zero-order valence-corrected chi connectivity index (χ0v) is 21.3. The molecule has 9 heteroatoms. The number of ether oxygens (including phenoxy) is 2. The lowest BCUT2D eigenvalue weighted by Crippen LogP contribution is -2.27. The topological polar surface area (TPSA) is 122 Å². The number of nitrogens with two attached hydrogens (primary N) is 1. The highest BCUT2D eigenvalue weighted by Gasteiger charge is 2.38. The normalized spacial score (nSPS) is 15.5. The molecule has 0 radical (unpaired) electrons. The van der Waals surface area contributed by atoms with Crippen LogP contribution in [0.1, 0.15) is 35.2 Å². The van der Waals surface area contributed by atoms with Crippen molar-refractivity contribution < 1.29 is 14.3 Å². The lowest BCUT2D eigenvalue weighted by atomic mass is 9.83. The molecule has 1 unspecified atom stereocenters. The van der Waals surface area contributed by atoms with E-state index in [1.807, 2.05) is 44.2 Å². The van der Waals surface area contributed by atoms with Gasteiger partial charge in [0.1, 0.15) is 28.5 Å². The summed E-state index contributed by atoms with van der Waals surface area (Å²) < 4.78 is 12.0. The van der Waals surface area contributed by atoms with E-state index in [0.29, 0.717) is 10.6 Å². The fraction of sp³-hybridized carbons (Fsp3) is 0.250. The number of nitrogens with zero attached hydrogens (tertiary/aromatic N) is 3. The van der Waals surface area contributed by atoms with E-state index in [0.717, 1.165) is 20.4 Å². The second kappa shape index (κ2) is 10.7. The molecule has 1 aromatic heterocycles. The number of thioether (sulfide) groups is 1. The molecule has 168 valence electrons. The first-order valence-electron chi connectivity index (χ1n) is 10.1. The number of halogens is 1. The van der Waals surface area contributed by atoms with Gasteiger partial charge >= 0.3 is 5.97 Å². The smallest absolute Gasteiger partial charge is 0.338 e. The van der Waals surface area contributed by atoms with Crippen LogP contribution in [0.5, 0.6) is 0 Å². The van der Waals surface area contributed by atoms with Crippen molar-refractivity contribution >= 4 is 40.3 Å². The summed E-state index contributed by atoms with van der Waals surface area (Å²) in [5.74, 6) is -0.900. The number of nitriles is 2. The van der Waals surface area contributed by atoms with Crippen LogP contribution >= 0.6 is 34.4 Å². The van der Waals surface area contributed by atoms with E-state index < -0.39 is 11.9 Å². The molecule has 1 atom stereocenters. The first kappa shape index (κ1) is 24.6. The molecule has 0 bridgehead atoms. The number of rotatable bonds is 6. The summed E-state index contributed by atoms with van der Waals surface area (Å²) in [5.41, 5.74) is 9.33. The number of carbonyl (C=O) groups is 1. The minimum Gasteiger partial charge on any atom is -0.463 e. The average Bonchev–Trinajstić information content (AvgIpc) is 2.77. The first-order valence-corrected chi connectivity index (χ1v) is 12.1. The number of hydrogen-bond donors (Lipinski definition) is 1. The van der Waals surface area contributed by atoms with Gasteiger partial charge in [0.25, 0.3) is 0 Å². The number of carbonyl (C=O) groups excluding carboxylic acids is 1. The first-order chi connectivity index (χ1) is 15.8. The Morgan fingerprint density at radius 2 is 2.03 bits per heavy atom. The lowest BCUT2D eigenvalue weighted by molar-refractivity contribution is -0.139. The molecular formula is C24H21IN4O3S. The van der Waals surface area contributed by atoms with Crippen LogP contribution in [0.4, 0.5) is 0 Å². The predicted molar refractivity (Wildman–Crippen MR) is 133 cm³/mol. The van der Waals surface area contributed by atoms with Gasteiger partial charge in [-0.15, -0.1) is 0 Å². The minimum atomic E-state index is -0.728. The van der Waals surface area contributed by atoms with Crippen LogP contribution in [-0.4, -0.2) is 23.3 Å². The maximum absolute atomic E-state index is 13.1. The summed E-state index contributed by atoms with van der Waals surface area (Å²) in [7, 11) is 0. The van der Waals surface area contributed by atoms with Crippen LogP contribution in [0.3, 0.4) is 0 Å². The Labute approximate surface area is 210 Å². The summed E-state index contributed by atoms with van der Waals surface area (Å²) in [4.78, 5) is 17.6. The van der Waals surface area contributed by atoms with Gasteiger partial charge in [-0.1, -0.05) is 30.0 Å². The Bertz CT molecular complexity index is 1260. The van der Waals surface area contributed by atoms with E-state index in [1.165, 1.54) is 11.8 Å². The van der Waals surface area contributed by atoms with Crippen LogP contribution in [-0.2, 0) is 14.3 Å². The Hall–Kier alpha value is -3.02. The Kier molecular flexibility index (Phi) is 8.01. The summed E-state index contributed by atoms with van der Waals surface area (Å²) in [6, 6.07) is 13.6. The van der Waals surface area contributed by atoms with Crippen molar-refractivity contribution in [2.24, 2.45) is 5.73 Å². The van der Waals surface area contributed by atoms with Crippen molar-refractivity contribution in [3.63, 3.8) is 0 Å². The summed E-state index contributed by atoms with van der Waals surface area (Å²) >= 11 is 3.44. The van der Waals surface area contributed by atoms with E-state index in [1.54, 1.807) is 6.92 Å². The molecule has 1 aliphatic rings. The summed E-state index contributed by atoms with van der Waals surface area (Å²) in [6.45, 7) is 5.59. The van der Waals surface area contributed by atoms with Crippen LogP contribution in [0, 0.1) is 40.1 Å². The monoisotopic (exact) mass is 572 g/mol. The minimum absolute atomic E-state index is 0.0558. The highest BCUT2D eigenvalue weighted by molar-refractivity contribution is 14.1. The molecule has 2 heterocycles. The van der Waals surface area contributed by atoms with E-state index in [9.17, 15) is 15.3 Å². The van der Waals surface area contributed by atoms with Crippen molar-refractivity contribution in [1.82, 2.24) is 4.98 Å². The van der Waals surface area contributed by atoms with Crippen LogP contribution in [0.25, 0.3) is 0 Å². The molecule has 1 aromatic carbocycles. The van der Waals surface area contributed by atoms with Gasteiger partial charge in [0, 0.05) is 9.26 Å². The third kappa shape index (κ3) is 5.15. The zero-order valence-electron chi connectivity index (χ0n) is 18.3. The molecule has 0 saturated carbocycles. The molecule has 3 rings (SSSR count). The SMILES string of the molecule is CCOC(=O)C1=C(CSc2nc(C)cc(C)c2C#N)OC(N)=C(C#N)C1c1ccccc1I. The van der Waals surface area contributed by atoms with Crippen LogP contribution < -0.4 is 5.73 Å². The van der Waals surface area contributed by atoms with E-state index in [4.69, 9.17) is 15.2 Å². The van der Waals surface area contributed by atoms with E-state index >= 15 is 0 Å². The molecule has 0 fully saturated rings. The molecular weight excluding hydrogens is 551 g/mol. The van der Waals surface area contributed by atoms with Gasteiger partial charge < -0.3 is 15.2 Å². The van der Waals surface area contributed by atoms with Crippen LogP contribution in [0.2, 0.25) is 0 Å². The quantitative estimate of drug-likeness (QED) is 0.303. The second-order valence-electron chi connectivity index (χ2n) is 7.16. The van der Waals surface area contributed by atoms with Gasteiger partial charge in [-0.25, -0.2) is 9.78 Å². The molecule has 0 amide bonds. The number of pyridine rings is 1. The van der Waals surface area contributed by atoms with Crippen molar-refractivity contribution in [3.8, 4) is 12.1 Å². The van der Waals surface area contributed by atoms with Gasteiger partial charge in [-0.05, 0) is 66.6 Å². The molecule has 1 aliphatic heterocycles. The summed E-state index contributed by atoms with van der Waals surface area (Å²) in [6.07, 6.45) is 0. The zero-order chi connectivity index (χ0) is 24.1. The van der Waals surface area contributed by atoms with Gasteiger partial charge in [0.2, 0.25) is 5.88 Å². The maximum Gasteiger partial charge on any atom is 0.338 e. The molecule has 0 spiro atoms. The van der Waals surface area contributed by atoms with Gasteiger partial charge in [-0.2, -0.15) is 10.5 Å². The number of aryl methyl sites for hydroxylation is 2.